The Labute approximate surface area is 168 Å². The van der Waals surface area contributed by atoms with Crippen LogP contribution in [0.2, 0.25) is 0 Å². The average Bonchev–Trinajstić information content (AvgIpc) is 3.39. The van der Waals surface area contributed by atoms with E-state index in [1.165, 1.54) is 29.4 Å². The topological polar surface area (TPSA) is 117 Å². The Bertz CT molecular complexity index is 1070. The van der Waals surface area contributed by atoms with Gasteiger partial charge in [0.1, 0.15) is 11.2 Å². The van der Waals surface area contributed by atoms with Crippen LogP contribution >= 0.6 is 23.1 Å². The fourth-order valence-electron chi connectivity index (χ4n) is 3.01. The van der Waals surface area contributed by atoms with E-state index in [4.69, 9.17) is 4.74 Å². The Morgan fingerprint density at radius 1 is 1.46 bits per heavy atom. The number of amides is 1. The molecular formula is C16H19N7O3S2. The summed E-state index contributed by atoms with van der Waals surface area (Å²) in [4.78, 5) is 30.9. The minimum atomic E-state index is -0.343. The summed E-state index contributed by atoms with van der Waals surface area (Å²) >= 11 is 2.67. The zero-order valence-corrected chi connectivity index (χ0v) is 17.0. The monoisotopic (exact) mass is 421 g/mol. The van der Waals surface area contributed by atoms with Gasteiger partial charge in [0.25, 0.3) is 5.56 Å². The molecule has 12 heteroatoms. The van der Waals surface area contributed by atoms with Crippen molar-refractivity contribution in [1.29, 1.82) is 0 Å². The molecule has 0 aliphatic carbocycles. The van der Waals surface area contributed by atoms with E-state index in [1.807, 2.05) is 13.8 Å². The van der Waals surface area contributed by atoms with Crippen molar-refractivity contribution in [1.82, 2.24) is 29.9 Å². The maximum Gasteiger partial charge on any atom is 0.281 e. The molecule has 3 aromatic rings. The number of tetrazole rings is 1. The molecule has 0 aromatic carbocycles. The van der Waals surface area contributed by atoms with Crippen LogP contribution < -0.4 is 11.0 Å². The summed E-state index contributed by atoms with van der Waals surface area (Å²) in [5.74, 6) is -0.276. The largest absolute Gasteiger partial charge is 0.376 e. The molecule has 1 N–H and O–H groups in total. The number of nitrogens with zero attached hydrogens (tertiary/aromatic N) is 6. The number of aryl methyl sites for hydroxylation is 2. The van der Waals surface area contributed by atoms with Gasteiger partial charge in [0, 0.05) is 11.5 Å². The predicted molar refractivity (Wildman–Crippen MR) is 105 cm³/mol. The highest BCUT2D eigenvalue weighted by Gasteiger charge is 2.19. The number of carbonyl (C=O) groups excluding carboxylic acids is 1. The zero-order valence-electron chi connectivity index (χ0n) is 15.4. The van der Waals surface area contributed by atoms with Gasteiger partial charge in [-0.05, 0) is 42.7 Å². The van der Waals surface area contributed by atoms with Crippen LogP contribution in [0.4, 0.5) is 0 Å². The summed E-state index contributed by atoms with van der Waals surface area (Å²) in [5, 5.41) is 12.7. The van der Waals surface area contributed by atoms with Crippen molar-refractivity contribution in [2.75, 3.05) is 17.8 Å². The first kappa shape index (κ1) is 19.0. The van der Waals surface area contributed by atoms with E-state index in [0.717, 1.165) is 34.6 Å². The molecule has 1 aliphatic rings. The Balaban J connectivity index is 1.41. The molecule has 1 aliphatic heterocycles. The van der Waals surface area contributed by atoms with Crippen LogP contribution in [-0.2, 0) is 16.1 Å². The summed E-state index contributed by atoms with van der Waals surface area (Å²) in [5.41, 5.74) is 3.19. The molecule has 3 aromatic heterocycles. The second-order valence-electron chi connectivity index (χ2n) is 6.49. The molecule has 1 saturated heterocycles. The summed E-state index contributed by atoms with van der Waals surface area (Å²) in [6, 6.07) is 0. The number of rotatable bonds is 6. The van der Waals surface area contributed by atoms with Gasteiger partial charge < -0.3 is 4.74 Å². The standard InChI is InChI=1S/C16H19N7O3S2/c1-9-10(2)28-14-13(9)15(25)23(8-17-14)19-12(24)7-27-16-18-20-21-22(16)6-11-4-3-5-26-11/h8,11H,3-7H2,1-2H3,(H,19,24). The summed E-state index contributed by atoms with van der Waals surface area (Å²) < 4.78 is 8.37. The van der Waals surface area contributed by atoms with Crippen LogP contribution in [0.15, 0.2) is 16.3 Å². The van der Waals surface area contributed by atoms with E-state index in [1.54, 1.807) is 4.68 Å². The molecule has 0 saturated carbocycles. The van der Waals surface area contributed by atoms with Crippen LogP contribution in [0.5, 0.6) is 0 Å². The number of hydrogen-bond donors (Lipinski definition) is 1. The van der Waals surface area contributed by atoms with Crippen molar-refractivity contribution < 1.29 is 9.53 Å². The van der Waals surface area contributed by atoms with Gasteiger partial charge in [-0.3, -0.25) is 15.0 Å². The lowest BCUT2D eigenvalue weighted by Gasteiger charge is -2.10. The number of aromatic nitrogens is 6. The summed E-state index contributed by atoms with van der Waals surface area (Å²) in [6.45, 7) is 5.15. The lowest BCUT2D eigenvalue weighted by Crippen LogP contribution is -2.34. The number of ether oxygens (including phenoxy) is 1. The highest BCUT2D eigenvalue weighted by Crippen LogP contribution is 2.25. The summed E-state index contributed by atoms with van der Waals surface area (Å²) in [6.07, 6.45) is 3.45. The zero-order chi connectivity index (χ0) is 19.7. The van der Waals surface area contributed by atoms with Crippen molar-refractivity contribution in [3.05, 3.63) is 27.1 Å². The van der Waals surface area contributed by atoms with E-state index in [-0.39, 0.29) is 23.3 Å². The minimum Gasteiger partial charge on any atom is -0.376 e. The second-order valence-corrected chi connectivity index (χ2v) is 8.63. The SMILES string of the molecule is Cc1sc2ncn(NC(=O)CSc3nnnn3CC3CCCO3)c(=O)c2c1C. The fraction of sp³-hybridized carbons (Fsp3) is 0.500. The Morgan fingerprint density at radius 2 is 2.32 bits per heavy atom. The lowest BCUT2D eigenvalue weighted by atomic mass is 10.2. The first-order valence-corrected chi connectivity index (χ1v) is 10.6. The van der Waals surface area contributed by atoms with Crippen LogP contribution in [-0.4, -0.2) is 54.2 Å². The van der Waals surface area contributed by atoms with Gasteiger partial charge in [0.15, 0.2) is 0 Å². The molecule has 1 unspecified atom stereocenters. The number of thioether (sulfide) groups is 1. The molecule has 1 fully saturated rings. The van der Waals surface area contributed by atoms with Crippen molar-refractivity contribution in [2.24, 2.45) is 0 Å². The van der Waals surface area contributed by atoms with E-state index in [9.17, 15) is 9.59 Å². The van der Waals surface area contributed by atoms with Gasteiger partial charge in [-0.25, -0.2) is 14.3 Å². The second kappa shape index (κ2) is 7.97. The smallest absolute Gasteiger partial charge is 0.281 e. The van der Waals surface area contributed by atoms with Crippen molar-refractivity contribution in [3.8, 4) is 0 Å². The Morgan fingerprint density at radius 3 is 3.11 bits per heavy atom. The highest BCUT2D eigenvalue weighted by atomic mass is 32.2. The lowest BCUT2D eigenvalue weighted by molar-refractivity contribution is -0.114. The van der Waals surface area contributed by atoms with Crippen LogP contribution in [0.1, 0.15) is 23.3 Å². The molecule has 4 rings (SSSR count). The number of hydrogen-bond acceptors (Lipinski definition) is 9. The number of nitrogens with one attached hydrogen (secondary N) is 1. The third kappa shape index (κ3) is 3.80. The fourth-order valence-corrected chi connectivity index (χ4v) is 4.67. The highest BCUT2D eigenvalue weighted by molar-refractivity contribution is 7.99. The molecule has 0 bridgehead atoms. The first-order chi connectivity index (χ1) is 13.5. The maximum absolute atomic E-state index is 12.6. The van der Waals surface area contributed by atoms with Crippen molar-refractivity contribution in [2.45, 2.75) is 44.5 Å². The number of carbonyl (C=O) groups is 1. The average molecular weight is 422 g/mol. The van der Waals surface area contributed by atoms with Crippen molar-refractivity contribution in [3.63, 3.8) is 0 Å². The van der Waals surface area contributed by atoms with Crippen LogP contribution in [0, 0.1) is 13.8 Å². The molecule has 1 atom stereocenters. The maximum atomic E-state index is 12.6. The minimum absolute atomic E-state index is 0.0675. The van der Waals surface area contributed by atoms with E-state index in [0.29, 0.717) is 21.9 Å². The third-order valence-corrected chi connectivity index (χ3v) is 6.64. The van der Waals surface area contributed by atoms with Gasteiger partial charge in [-0.2, -0.15) is 0 Å². The van der Waals surface area contributed by atoms with Crippen LogP contribution in [0.25, 0.3) is 10.2 Å². The normalized spacial score (nSPS) is 16.7. The van der Waals surface area contributed by atoms with Crippen LogP contribution in [0.3, 0.4) is 0 Å². The Hall–Kier alpha value is -2.31. The molecule has 4 heterocycles. The first-order valence-electron chi connectivity index (χ1n) is 8.80. The van der Waals surface area contributed by atoms with Gasteiger partial charge >= 0.3 is 0 Å². The molecule has 28 heavy (non-hydrogen) atoms. The molecule has 148 valence electrons. The van der Waals surface area contributed by atoms with Gasteiger partial charge in [-0.15, -0.1) is 16.4 Å². The predicted octanol–water partition coefficient (Wildman–Crippen LogP) is 1.10. The molecule has 1 amide bonds. The number of thiophene rings is 1. The molecule has 0 spiro atoms. The summed E-state index contributed by atoms with van der Waals surface area (Å²) in [7, 11) is 0. The van der Waals surface area contributed by atoms with E-state index < -0.39 is 0 Å². The van der Waals surface area contributed by atoms with Gasteiger partial charge in [-0.1, -0.05) is 11.8 Å². The quantitative estimate of drug-likeness (QED) is 0.588. The molecular weight excluding hydrogens is 402 g/mol. The van der Waals surface area contributed by atoms with Crippen molar-refractivity contribution >= 4 is 39.2 Å². The third-order valence-electron chi connectivity index (χ3n) is 4.57. The van der Waals surface area contributed by atoms with E-state index >= 15 is 0 Å². The number of fused-ring (bicyclic) bond motifs is 1. The molecule has 0 radical (unpaired) electrons. The molecule has 10 nitrogen and oxygen atoms in total. The Kier molecular flexibility index (Phi) is 5.42. The van der Waals surface area contributed by atoms with Gasteiger partial charge in [0.05, 0.1) is 23.8 Å². The van der Waals surface area contributed by atoms with E-state index in [2.05, 4.69) is 25.9 Å². The van der Waals surface area contributed by atoms with Gasteiger partial charge in [0.2, 0.25) is 11.1 Å².